The van der Waals surface area contributed by atoms with E-state index in [1.54, 1.807) is 0 Å². The van der Waals surface area contributed by atoms with Crippen LogP contribution in [0.4, 0.5) is 35.1 Å². The zero-order chi connectivity index (χ0) is 21.1. The number of nitrogens with zero attached hydrogens (tertiary/aromatic N) is 2. The number of hydrogen-bond acceptors (Lipinski definition) is 2. The fraction of sp³-hybridized carbons (Fsp3) is 0.857. The molecule has 0 spiro atoms. The van der Waals surface area contributed by atoms with Crippen LogP contribution in [0, 0.1) is 0 Å². The average molecular weight is 400 g/mol. The molecule has 0 radical (unpaired) electrons. The molecule has 0 aliphatic carbocycles. The molecule has 0 fully saturated rings. The molecule has 0 saturated carbocycles. The Hall–Kier alpha value is -1.62. The monoisotopic (exact) mass is 400 g/mol. The minimum atomic E-state index is -6.81. The molecule has 0 aliphatic heterocycles. The van der Waals surface area contributed by atoms with Crippen LogP contribution >= 0.6 is 0 Å². The molecule has 0 heterocycles. The lowest BCUT2D eigenvalue weighted by atomic mass is 9.96. The van der Waals surface area contributed by atoms with Gasteiger partial charge in [0.2, 0.25) is 0 Å². The molecule has 154 valence electrons. The molecule has 0 N–H and O–H groups in total. The van der Waals surface area contributed by atoms with Crippen molar-refractivity contribution in [1.29, 1.82) is 0 Å². The molecule has 0 unspecified atom stereocenters. The Balaban J connectivity index is 6.14. The molecular formula is C14H20F8N2O2. The van der Waals surface area contributed by atoms with Crippen molar-refractivity contribution in [3.05, 3.63) is 0 Å². The highest BCUT2D eigenvalue weighted by Crippen LogP contribution is 2.53. The van der Waals surface area contributed by atoms with Crippen LogP contribution in [0.15, 0.2) is 0 Å². The van der Waals surface area contributed by atoms with Crippen LogP contribution in [-0.2, 0) is 9.59 Å². The lowest BCUT2D eigenvalue weighted by molar-refractivity contribution is -0.350. The Morgan fingerprint density at radius 1 is 0.577 bits per heavy atom. The van der Waals surface area contributed by atoms with Crippen LogP contribution in [-0.4, -0.2) is 71.5 Å². The Morgan fingerprint density at radius 2 is 0.769 bits per heavy atom. The number of rotatable bonds is 9. The van der Waals surface area contributed by atoms with Gasteiger partial charge in [-0.25, -0.2) is 0 Å². The summed E-state index contributed by atoms with van der Waals surface area (Å²) in [5.41, 5.74) is 0. The number of amides is 2. The summed E-state index contributed by atoms with van der Waals surface area (Å²) >= 11 is 0. The van der Waals surface area contributed by atoms with Gasteiger partial charge in [0, 0.05) is 26.2 Å². The van der Waals surface area contributed by atoms with E-state index >= 15 is 0 Å². The molecule has 12 heteroatoms. The topological polar surface area (TPSA) is 40.6 Å². The van der Waals surface area contributed by atoms with Gasteiger partial charge < -0.3 is 9.80 Å². The largest absolute Gasteiger partial charge is 0.392 e. The summed E-state index contributed by atoms with van der Waals surface area (Å²) in [6, 6.07) is 0. The first kappa shape index (κ1) is 24.4. The van der Waals surface area contributed by atoms with Crippen molar-refractivity contribution in [2.24, 2.45) is 0 Å². The molecule has 0 atom stereocenters. The predicted octanol–water partition coefficient (Wildman–Crippen LogP) is 3.26. The highest BCUT2D eigenvalue weighted by Gasteiger charge is 2.85. The van der Waals surface area contributed by atoms with Crippen LogP contribution in [0.1, 0.15) is 27.7 Å². The van der Waals surface area contributed by atoms with Crippen molar-refractivity contribution in [3.63, 3.8) is 0 Å². The lowest BCUT2D eigenvalue weighted by Crippen LogP contribution is -2.69. The summed E-state index contributed by atoms with van der Waals surface area (Å²) in [5, 5.41) is 0. The molecule has 0 rings (SSSR count). The third-order valence-electron chi connectivity index (χ3n) is 3.82. The summed E-state index contributed by atoms with van der Waals surface area (Å²) in [6.07, 6.45) is 0. The van der Waals surface area contributed by atoms with Gasteiger partial charge in [-0.15, -0.1) is 0 Å². The van der Waals surface area contributed by atoms with Crippen LogP contribution in [0.3, 0.4) is 0 Å². The van der Waals surface area contributed by atoms with Crippen LogP contribution in [0.2, 0.25) is 0 Å². The van der Waals surface area contributed by atoms with E-state index in [0.29, 0.717) is 0 Å². The zero-order valence-corrected chi connectivity index (χ0v) is 14.6. The third kappa shape index (κ3) is 3.59. The molecule has 0 aromatic carbocycles. The van der Waals surface area contributed by atoms with E-state index in [0.717, 1.165) is 27.7 Å². The molecule has 0 bridgehead atoms. The number of alkyl halides is 8. The van der Waals surface area contributed by atoms with E-state index in [1.165, 1.54) is 0 Å². The van der Waals surface area contributed by atoms with Gasteiger partial charge in [0.25, 0.3) is 11.8 Å². The van der Waals surface area contributed by atoms with Crippen molar-refractivity contribution < 1.29 is 44.7 Å². The maximum atomic E-state index is 13.8. The van der Waals surface area contributed by atoms with Crippen molar-refractivity contribution in [3.8, 4) is 0 Å². The van der Waals surface area contributed by atoms with Crippen molar-refractivity contribution >= 4 is 11.8 Å². The van der Waals surface area contributed by atoms with E-state index < -0.39 is 61.7 Å². The van der Waals surface area contributed by atoms with Crippen LogP contribution < -0.4 is 0 Å². The lowest BCUT2D eigenvalue weighted by Gasteiger charge is -2.38. The second kappa shape index (κ2) is 7.95. The highest BCUT2D eigenvalue weighted by atomic mass is 19.4. The summed E-state index contributed by atoms with van der Waals surface area (Å²) in [4.78, 5) is 23.2. The Bertz CT molecular complexity index is 471. The SMILES string of the molecule is CCN(CC)C(=O)C(F)(F)C(F)(F)C(F)(F)C(F)(F)C(=O)N(CC)CC. The highest BCUT2D eigenvalue weighted by molar-refractivity contribution is 5.87. The molecular weight excluding hydrogens is 380 g/mol. The van der Waals surface area contributed by atoms with Crippen molar-refractivity contribution in [2.75, 3.05) is 26.2 Å². The summed E-state index contributed by atoms with van der Waals surface area (Å²) in [7, 11) is 0. The molecule has 26 heavy (non-hydrogen) atoms. The van der Waals surface area contributed by atoms with E-state index in [-0.39, 0.29) is 9.80 Å². The van der Waals surface area contributed by atoms with Gasteiger partial charge in [-0.2, -0.15) is 35.1 Å². The Morgan fingerprint density at radius 3 is 0.923 bits per heavy atom. The molecule has 0 aliphatic rings. The maximum Gasteiger partial charge on any atom is 0.392 e. The predicted molar refractivity (Wildman–Crippen MR) is 75.6 cm³/mol. The second-order valence-electron chi connectivity index (χ2n) is 5.25. The zero-order valence-electron chi connectivity index (χ0n) is 14.6. The average Bonchev–Trinajstić information content (AvgIpc) is 2.56. The summed E-state index contributed by atoms with van der Waals surface area (Å²) in [5.74, 6) is -31.4. The van der Waals surface area contributed by atoms with Gasteiger partial charge in [-0.05, 0) is 27.7 Å². The van der Waals surface area contributed by atoms with E-state index in [1.807, 2.05) is 0 Å². The molecule has 0 aromatic rings. The van der Waals surface area contributed by atoms with Crippen LogP contribution in [0.5, 0.6) is 0 Å². The van der Waals surface area contributed by atoms with Crippen molar-refractivity contribution in [1.82, 2.24) is 9.80 Å². The Labute approximate surface area is 145 Å². The maximum absolute atomic E-state index is 13.8. The minimum Gasteiger partial charge on any atom is -0.338 e. The van der Waals surface area contributed by atoms with Gasteiger partial charge in [0.05, 0.1) is 0 Å². The normalized spacial score (nSPS) is 13.5. The van der Waals surface area contributed by atoms with E-state index in [2.05, 4.69) is 0 Å². The number of halogens is 8. The first-order valence-electron chi connectivity index (χ1n) is 7.71. The van der Waals surface area contributed by atoms with Crippen molar-refractivity contribution in [2.45, 2.75) is 51.4 Å². The Kier molecular flexibility index (Phi) is 7.45. The first-order valence-corrected chi connectivity index (χ1v) is 7.71. The van der Waals surface area contributed by atoms with Gasteiger partial charge >= 0.3 is 23.7 Å². The summed E-state index contributed by atoms with van der Waals surface area (Å²) in [6.45, 7) is 2.25. The number of carbonyl (C=O) groups excluding carboxylic acids is 2. The van der Waals surface area contributed by atoms with Crippen LogP contribution in [0.25, 0.3) is 0 Å². The fourth-order valence-corrected chi connectivity index (χ4v) is 2.08. The number of carbonyl (C=O) groups is 2. The fourth-order valence-electron chi connectivity index (χ4n) is 2.08. The standard InChI is InChI=1S/C14H20F8N2O2/c1-5-23(6-2)9(25)11(15,16)13(19,20)14(21,22)12(17,18)10(26)24(7-3)8-4/h5-8H2,1-4H3. The number of hydrogen-bond donors (Lipinski definition) is 0. The summed E-state index contributed by atoms with van der Waals surface area (Å²) < 4.78 is 110. The molecule has 0 aromatic heterocycles. The molecule has 0 saturated heterocycles. The van der Waals surface area contributed by atoms with Gasteiger partial charge in [-0.3, -0.25) is 9.59 Å². The second-order valence-corrected chi connectivity index (χ2v) is 5.25. The van der Waals surface area contributed by atoms with Gasteiger partial charge in [-0.1, -0.05) is 0 Å². The smallest absolute Gasteiger partial charge is 0.338 e. The quantitative estimate of drug-likeness (QED) is 0.558. The van der Waals surface area contributed by atoms with E-state index in [4.69, 9.17) is 0 Å². The first-order chi connectivity index (χ1) is 11.6. The van der Waals surface area contributed by atoms with Gasteiger partial charge in [0.1, 0.15) is 0 Å². The van der Waals surface area contributed by atoms with Gasteiger partial charge in [0.15, 0.2) is 0 Å². The molecule has 4 nitrogen and oxygen atoms in total. The minimum absolute atomic E-state index is 0.0916. The molecule has 2 amide bonds. The van der Waals surface area contributed by atoms with E-state index in [9.17, 15) is 44.7 Å². The third-order valence-corrected chi connectivity index (χ3v) is 3.82.